The minimum atomic E-state index is 0. The Kier molecular flexibility index (Phi) is 4.80. The van der Waals surface area contributed by atoms with Crippen LogP contribution in [0.3, 0.4) is 0 Å². The van der Waals surface area contributed by atoms with E-state index in [1.807, 2.05) is 36.9 Å². The van der Waals surface area contributed by atoms with Crippen LogP contribution in [0.2, 0.25) is 0 Å². The summed E-state index contributed by atoms with van der Waals surface area (Å²) < 4.78 is 1.90. The van der Waals surface area contributed by atoms with Gasteiger partial charge in [-0.3, -0.25) is 0 Å². The van der Waals surface area contributed by atoms with Gasteiger partial charge in [0, 0.05) is 11.6 Å². The average Bonchev–Trinajstić information content (AvgIpc) is 1.97. The molecule has 0 amide bonds. The Morgan fingerprint density at radius 1 is 1.58 bits per heavy atom. The third-order valence-corrected chi connectivity index (χ3v) is 1.62. The topological polar surface area (TPSA) is 36.5 Å². The first-order valence-electron chi connectivity index (χ1n) is 3.38. The molecule has 0 saturated heterocycles. The van der Waals surface area contributed by atoms with Gasteiger partial charge in [0.15, 0.2) is 6.20 Å². The second-order valence-corrected chi connectivity index (χ2v) is 2.43. The molecule has 1 aromatic heterocycles. The van der Waals surface area contributed by atoms with Gasteiger partial charge in [0.25, 0.3) is 0 Å². The Labute approximate surface area is 88.7 Å². The molecule has 0 aliphatic heterocycles. The number of aromatic nitrogens is 1. The fourth-order valence-corrected chi connectivity index (χ4v) is 1.01. The lowest BCUT2D eigenvalue weighted by molar-refractivity contribution is -0.672. The van der Waals surface area contributed by atoms with Gasteiger partial charge in [0.1, 0.15) is 13.3 Å². The zero-order valence-corrected chi connectivity index (χ0v) is 9.19. The van der Waals surface area contributed by atoms with Gasteiger partial charge in [0.05, 0.1) is 0 Å². The minimum Gasteiger partial charge on any atom is -1.00 e. The van der Waals surface area contributed by atoms with Crippen LogP contribution < -0.4 is 28.5 Å². The molecule has 4 heteroatoms. The van der Waals surface area contributed by atoms with Crippen molar-refractivity contribution in [1.82, 2.24) is 0 Å². The second-order valence-electron chi connectivity index (χ2n) is 2.43. The van der Waals surface area contributed by atoms with Gasteiger partial charge in [-0.25, -0.2) is 0 Å². The molecule has 0 aromatic carbocycles. The number of halogens is 1. The van der Waals surface area contributed by atoms with Crippen molar-refractivity contribution >= 4 is 6.21 Å². The molecular weight excluding hydrogens is 267 g/mol. The summed E-state index contributed by atoms with van der Waals surface area (Å²) in [6.07, 6.45) is 3.33. The molecule has 66 valence electrons. The quantitative estimate of drug-likeness (QED) is 0.201. The van der Waals surface area contributed by atoms with Crippen molar-refractivity contribution in [2.45, 2.75) is 6.92 Å². The van der Waals surface area contributed by atoms with Gasteiger partial charge in [-0.15, -0.1) is 0 Å². The number of aryl methyl sites for hydroxylation is 2. The first-order chi connectivity index (χ1) is 5.25. The minimum absolute atomic E-state index is 0. The van der Waals surface area contributed by atoms with Crippen LogP contribution in [0, 0.1) is 6.92 Å². The fourth-order valence-electron chi connectivity index (χ4n) is 1.01. The SMILES string of the molecule is Cc1ccc[n+](C)c1C=NO.[I-]. The van der Waals surface area contributed by atoms with Gasteiger partial charge in [-0.2, -0.15) is 4.57 Å². The fraction of sp³-hybridized carbons (Fsp3) is 0.250. The predicted octanol–water partition coefficient (Wildman–Crippen LogP) is -2.37. The molecule has 1 rings (SSSR count). The Morgan fingerprint density at radius 2 is 2.25 bits per heavy atom. The van der Waals surface area contributed by atoms with Crippen LogP contribution in [0.5, 0.6) is 0 Å². The maximum atomic E-state index is 8.32. The Balaban J connectivity index is 0.00000121. The van der Waals surface area contributed by atoms with Crippen molar-refractivity contribution in [3.05, 3.63) is 29.6 Å². The molecule has 0 unspecified atom stereocenters. The van der Waals surface area contributed by atoms with E-state index in [1.54, 1.807) is 0 Å². The van der Waals surface area contributed by atoms with Gasteiger partial charge in [-0.05, 0) is 13.0 Å². The smallest absolute Gasteiger partial charge is 0.229 e. The van der Waals surface area contributed by atoms with Crippen molar-refractivity contribution in [2.24, 2.45) is 12.2 Å². The predicted molar refractivity (Wildman–Crippen MR) is 41.7 cm³/mol. The van der Waals surface area contributed by atoms with Crippen molar-refractivity contribution in [3.63, 3.8) is 0 Å². The molecule has 1 heterocycles. The van der Waals surface area contributed by atoms with Gasteiger partial charge >= 0.3 is 0 Å². The summed E-state index contributed by atoms with van der Waals surface area (Å²) in [5, 5.41) is 11.3. The molecule has 0 radical (unpaired) electrons. The van der Waals surface area contributed by atoms with E-state index < -0.39 is 0 Å². The number of hydrogen-bond acceptors (Lipinski definition) is 2. The highest BCUT2D eigenvalue weighted by Gasteiger charge is 2.05. The normalized spacial score (nSPS) is 9.83. The first kappa shape index (κ1) is 11.4. The lowest BCUT2D eigenvalue weighted by atomic mass is 10.2. The van der Waals surface area contributed by atoms with Crippen molar-refractivity contribution in [3.8, 4) is 0 Å². The monoisotopic (exact) mass is 278 g/mol. The summed E-state index contributed by atoms with van der Waals surface area (Å²) in [5.74, 6) is 0. The van der Waals surface area contributed by atoms with E-state index in [1.165, 1.54) is 6.21 Å². The van der Waals surface area contributed by atoms with Gasteiger partial charge in [-0.1, -0.05) is 5.16 Å². The zero-order valence-electron chi connectivity index (χ0n) is 7.03. The van der Waals surface area contributed by atoms with Crippen LogP contribution in [0.4, 0.5) is 0 Å². The summed E-state index contributed by atoms with van der Waals surface area (Å²) in [4.78, 5) is 0. The number of hydrogen-bond donors (Lipinski definition) is 1. The van der Waals surface area contributed by atoms with Crippen LogP contribution in [0.25, 0.3) is 0 Å². The molecule has 0 bridgehead atoms. The number of rotatable bonds is 1. The lowest BCUT2D eigenvalue weighted by Gasteiger charge is -1.94. The van der Waals surface area contributed by atoms with Gasteiger partial charge in [0.2, 0.25) is 5.69 Å². The van der Waals surface area contributed by atoms with Gasteiger partial charge < -0.3 is 29.2 Å². The molecule has 0 aliphatic rings. The standard InChI is InChI=1S/C8H10N2O.HI/c1-7-4-3-5-10(2)8(7)6-9-11;/h3-6H,1-2H3;1H. The summed E-state index contributed by atoms with van der Waals surface area (Å²) >= 11 is 0. The van der Waals surface area contributed by atoms with Crippen LogP contribution in [-0.2, 0) is 7.05 Å². The largest absolute Gasteiger partial charge is 1.00 e. The molecule has 0 spiro atoms. The molecule has 1 aromatic rings. The van der Waals surface area contributed by atoms with E-state index >= 15 is 0 Å². The third kappa shape index (κ3) is 2.44. The van der Waals surface area contributed by atoms with Crippen LogP contribution in [0.1, 0.15) is 11.3 Å². The molecule has 12 heavy (non-hydrogen) atoms. The Bertz CT molecular complexity index is 266. The summed E-state index contributed by atoms with van der Waals surface area (Å²) in [6.45, 7) is 1.97. The Hall–Kier alpha value is -0.650. The third-order valence-electron chi connectivity index (χ3n) is 1.62. The molecule has 0 fully saturated rings. The van der Waals surface area contributed by atoms with Crippen molar-refractivity contribution in [2.75, 3.05) is 0 Å². The van der Waals surface area contributed by atoms with Crippen LogP contribution >= 0.6 is 0 Å². The number of oxime groups is 1. The number of pyridine rings is 1. The molecule has 3 nitrogen and oxygen atoms in total. The summed E-state index contributed by atoms with van der Waals surface area (Å²) in [6, 6.07) is 3.92. The Morgan fingerprint density at radius 3 is 2.75 bits per heavy atom. The van der Waals surface area contributed by atoms with E-state index in [-0.39, 0.29) is 24.0 Å². The lowest BCUT2D eigenvalue weighted by Crippen LogP contribution is -3.00. The average molecular weight is 278 g/mol. The molecule has 0 aliphatic carbocycles. The highest BCUT2D eigenvalue weighted by atomic mass is 127. The molecule has 0 atom stereocenters. The second kappa shape index (κ2) is 5.08. The molecule has 0 saturated carbocycles. The van der Waals surface area contributed by atoms with E-state index in [4.69, 9.17) is 5.21 Å². The molecular formula is C8H11IN2O. The number of nitrogens with zero attached hydrogens (tertiary/aromatic N) is 2. The van der Waals surface area contributed by atoms with Crippen molar-refractivity contribution < 1.29 is 33.8 Å². The maximum absolute atomic E-state index is 8.32. The van der Waals surface area contributed by atoms with E-state index in [0.29, 0.717) is 0 Å². The molecule has 1 N–H and O–H groups in total. The first-order valence-corrected chi connectivity index (χ1v) is 3.38. The van der Waals surface area contributed by atoms with Crippen LogP contribution in [0.15, 0.2) is 23.5 Å². The highest BCUT2D eigenvalue weighted by molar-refractivity contribution is 5.76. The highest BCUT2D eigenvalue weighted by Crippen LogP contribution is 1.96. The van der Waals surface area contributed by atoms with E-state index in [9.17, 15) is 0 Å². The zero-order chi connectivity index (χ0) is 8.27. The summed E-state index contributed by atoms with van der Waals surface area (Å²) in [5.41, 5.74) is 2.00. The summed E-state index contributed by atoms with van der Waals surface area (Å²) in [7, 11) is 1.91. The van der Waals surface area contributed by atoms with E-state index in [2.05, 4.69) is 5.16 Å². The van der Waals surface area contributed by atoms with Crippen LogP contribution in [-0.4, -0.2) is 11.4 Å². The van der Waals surface area contributed by atoms with E-state index in [0.717, 1.165) is 11.3 Å². The maximum Gasteiger partial charge on any atom is 0.229 e. The van der Waals surface area contributed by atoms with Crippen molar-refractivity contribution in [1.29, 1.82) is 0 Å².